The van der Waals surface area contributed by atoms with Gasteiger partial charge in [0.2, 0.25) is 0 Å². The number of nitrogens with one attached hydrogen (secondary N) is 1. The van der Waals surface area contributed by atoms with Gasteiger partial charge in [-0.1, -0.05) is 13.8 Å². The van der Waals surface area contributed by atoms with Gasteiger partial charge in [-0.2, -0.15) is 0 Å². The maximum atomic E-state index is 4.28. The third kappa shape index (κ3) is 2.81. The lowest BCUT2D eigenvalue weighted by Crippen LogP contribution is -2.36. The zero-order valence-electron chi connectivity index (χ0n) is 9.74. The van der Waals surface area contributed by atoms with Crippen molar-refractivity contribution < 1.29 is 0 Å². The normalized spacial score (nSPS) is 23.5. The van der Waals surface area contributed by atoms with Crippen molar-refractivity contribution in [3.8, 4) is 0 Å². The number of piperidine rings is 1. The van der Waals surface area contributed by atoms with Gasteiger partial charge in [0.1, 0.15) is 0 Å². The van der Waals surface area contributed by atoms with Crippen LogP contribution in [0.1, 0.15) is 32.4 Å². The lowest BCUT2D eigenvalue weighted by atomic mass is 9.88. The minimum Gasteiger partial charge on any atom is -0.351 e. The van der Waals surface area contributed by atoms with Gasteiger partial charge in [0.25, 0.3) is 0 Å². The second-order valence-electron chi connectivity index (χ2n) is 4.94. The maximum Gasteiger partial charge on any atom is 0.0923 e. The molecule has 1 aromatic heterocycles. The zero-order valence-corrected chi connectivity index (χ0v) is 9.74. The van der Waals surface area contributed by atoms with Gasteiger partial charge in [-0.25, -0.2) is 4.98 Å². The highest BCUT2D eigenvalue weighted by Crippen LogP contribution is 2.24. The Morgan fingerprint density at radius 1 is 1.60 bits per heavy atom. The molecular formula is C12H21N3. The molecule has 2 heterocycles. The van der Waals surface area contributed by atoms with Gasteiger partial charge in [0.05, 0.1) is 12.0 Å². The average molecular weight is 207 g/mol. The van der Waals surface area contributed by atoms with E-state index in [1.54, 1.807) is 6.33 Å². The predicted molar refractivity (Wildman–Crippen MR) is 61.4 cm³/mol. The lowest BCUT2D eigenvalue weighted by molar-refractivity contribution is 0.138. The van der Waals surface area contributed by atoms with Crippen LogP contribution >= 0.6 is 0 Å². The van der Waals surface area contributed by atoms with Gasteiger partial charge in [0, 0.05) is 19.3 Å². The molecule has 0 bridgehead atoms. The Morgan fingerprint density at radius 3 is 3.13 bits per heavy atom. The minimum absolute atomic E-state index is 0.812. The smallest absolute Gasteiger partial charge is 0.0923 e. The molecule has 15 heavy (non-hydrogen) atoms. The molecule has 2 rings (SSSR count). The first-order valence-electron chi connectivity index (χ1n) is 5.95. The SMILES string of the molecule is CC(C)C1CCCN(Cc2c[nH]cn2)C1. The van der Waals surface area contributed by atoms with E-state index in [0.29, 0.717) is 0 Å². The van der Waals surface area contributed by atoms with Gasteiger partial charge in [-0.15, -0.1) is 0 Å². The Balaban J connectivity index is 1.88. The molecule has 0 spiro atoms. The summed E-state index contributed by atoms with van der Waals surface area (Å²) >= 11 is 0. The molecular weight excluding hydrogens is 186 g/mol. The van der Waals surface area contributed by atoms with E-state index in [1.165, 1.54) is 31.6 Å². The van der Waals surface area contributed by atoms with Crippen LogP contribution in [-0.4, -0.2) is 28.0 Å². The number of aromatic amines is 1. The predicted octanol–water partition coefficient (Wildman–Crippen LogP) is 2.28. The van der Waals surface area contributed by atoms with E-state index in [9.17, 15) is 0 Å². The summed E-state index contributed by atoms with van der Waals surface area (Å²) in [7, 11) is 0. The van der Waals surface area contributed by atoms with E-state index in [4.69, 9.17) is 0 Å². The van der Waals surface area contributed by atoms with Crippen LogP contribution in [-0.2, 0) is 6.54 Å². The molecule has 0 radical (unpaired) electrons. The summed E-state index contributed by atoms with van der Waals surface area (Å²) in [5.41, 5.74) is 1.17. The van der Waals surface area contributed by atoms with Gasteiger partial charge < -0.3 is 4.98 Å². The first-order valence-corrected chi connectivity index (χ1v) is 5.95. The van der Waals surface area contributed by atoms with E-state index >= 15 is 0 Å². The molecule has 1 unspecified atom stereocenters. The van der Waals surface area contributed by atoms with Crippen LogP contribution in [0.5, 0.6) is 0 Å². The Labute approximate surface area is 91.9 Å². The number of H-pyrrole nitrogens is 1. The largest absolute Gasteiger partial charge is 0.351 e. The van der Waals surface area contributed by atoms with Crippen molar-refractivity contribution >= 4 is 0 Å². The number of likely N-dealkylation sites (tertiary alicyclic amines) is 1. The lowest BCUT2D eigenvalue weighted by Gasteiger charge is -2.34. The Morgan fingerprint density at radius 2 is 2.47 bits per heavy atom. The van der Waals surface area contributed by atoms with Crippen LogP contribution < -0.4 is 0 Å². The first kappa shape index (κ1) is 10.7. The molecule has 0 aromatic carbocycles. The van der Waals surface area contributed by atoms with Crippen LogP contribution in [0, 0.1) is 11.8 Å². The van der Waals surface area contributed by atoms with E-state index in [-0.39, 0.29) is 0 Å². The summed E-state index contributed by atoms with van der Waals surface area (Å²) in [4.78, 5) is 9.83. The third-order valence-corrected chi connectivity index (χ3v) is 3.43. The second kappa shape index (κ2) is 4.79. The molecule has 1 atom stereocenters. The molecule has 1 aliphatic heterocycles. The average Bonchev–Trinajstić information content (AvgIpc) is 2.71. The molecule has 1 aliphatic rings. The number of aromatic nitrogens is 2. The van der Waals surface area contributed by atoms with Crippen molar-refractivity contribution in [2.45, 2.75) is 33.2 Å². The van der Waals surface area contributed by atoms with E-state index in [0.717, 1.165) is 18.4 Å². The van der Waals surface area contributed by atoms with Crippen LogP contribution in [0.25, 0.3) is 0 Å². The zero-order chi connectivity index (χ0) is 10.7. The molecule has 1 saturated heterocycles. The third-order valence-electron chi connectivity index (χ3n) is 3.43. The van der Waals surface area contributed by atoms with E-state index in [2.05, 4.69) is 28.7 Å². The van der Waals surface area contributed by atoms with Crippen molar-refractivity contribution in [2.75, 3.05) is 13.1 Å². The number of nitrogens with zero attached hydrogens (tertiary/aromatic N) is 2. The highest BCUT2D eigenvalue weighted by atomic mass is 15.1. The monoisotopic (exact) mass is 207 g/mol. The summed E-state index contributed by atoms with van der Waals surface area (Å²) < 4.78 is 0. The van der Waals surface area contributed by atoms with Gasteiger partial charge >= 0.3 is 0 Å². The quantitative estimate of drug-likeness (QED) is 0.824. The second-order valence-corrected chi connectivity index (χ2v) is 4.94. The van der Waals surface area contributed by atoms with Crippen LogP contribution in [0.3, 0.4) is 0 Å². The van der Waals surface area contributed by atoms with Crippen molar-refractivity contribution in [3.05, 3.63) is 18.2 Å². The molecule has 3 heteroatoms. The summed E-state index contributed by atoms with van der Waals surface area (Å²) in [6.07, 6.45) is 6.50. The van der Waals surface area contributed by atoms with Crippen molar-refractivity contribution in [1.82, 2.24) is 14.9 Å². The molecule has 0 aliphatic carbocycles. The van der Waals surface area contributed by atoms with Gasteiger partial charge in [0.15, 0.2) is 0 Å². The summed E-state index contributed by atoms with van der Waals surface area (Å²) in [5.74, 6) is 1.68. The number of imidazole rings is 1. The van der Waals surface area contributed by atoms with Gasteiger partial charge in [-0.05, 0) is 31.2 Å². The highest BCUT2D eigenvalue weighted by molar-refractivity contribution is 4.94. The molecule has 3 nitrogen and oxygen atoms in total. The van der Waals surface area contributed by atoms with Crippen LogP contribution in [0.2, 0.25) is 0 Å². The minimum atomic E-state index is 0.812. The van der Waals surface area contributed by atoms with Gasteiger partial charge in [-0.3, -0.25) is 4.90 Å². The van der Waals surface area contributed by atoms with Crippen molar-refractivity contribution in [3.63, 3.8) is 0 Å². The van der Waals surface area contributed by atoms with E-state index < -0.39 is 0 Å². The molecule has 84 valence electrons. The fourth-order valence-corrected chi connectivity index (χ4v) is 2.39. The Hall–Kier alpha value is -0.830. The number of rotatable bonds is 3. The van der Waals surface area contributed by atoms with Crippen LogP contribution in [0.15, 0.2) is 12.5 Å². The molecule has 0 amide bonds. The van der Waals surface area contributed by atoms with E-state index in [1.807, 2.05) is 6.20 Å². The molecule has 0 saturated carbocycles. The highest BCUT2D eigenvalue weighted by Gasteiger charge is 2.22. The Bertz CT molecular complexity index is 279. The fourth-order valence-electron chi connectivity index (χ4n) is 2.39. The fraction of sp³-hybridized carbons (Fsp3) is 0.750. The van der Waals surface area contributed by atoms with Crippen molar-refractivity contribution in [2.24, 2.45) is 11.8 Å². The summed E-state index contributed by atoms with van der Waals surface area (Å²) in [6, 6.07) is 0. The van der Waals surface area contributed by atoms with Crippen molar-refractivity contribution in [1.29, 1.82) is 0 Å². The number of hydrogen-bond donors (Lipinski definition) is 1. The first-order chi connectivity index (χ1) is 7.25. The topological polar surface area (TPSA) is 31.9 Å². The van der Waals surface area contributed by atoms with Crippen LogP contribution in [0.4, 0.5) is 0 Å². The molecule has 1 aromatic rings. The maximum absolute atomic E-state index is 4.28. The number of hydrogen-bond acceptors (Lipinski definition) is 2. The standard InChI is InChI=1S/C12H21N3/c1-10(2)11-4-3-5-15(7-11)8-12-6-13-9-14-12/h6,9-11H,3-5,7-8H2,1-2H3,(H,13,14). The molecule has 1 fully saturated rings. The molecule has 1 N–H and O–H groups in total. The summed E-state index contributed by atoms with van der Waals surface area (Å²) in [6.45, 7) is 8.15. The summed E-state index contributed by atoms with van der Waals surface area (Å²) in [5, 5.41) is 0. The Kier molecular flexibility index (Phi) is 3.41.